The molecule has 19 heavy (non-hydrogen) atoms. The van der Waals surface area contributed by atoms with Crippen LogP contribution in [-0.4, -0.2) is 11.7 Å². The lowest BCUT2D eigenvalue weighted by Crippen LogP contribution is -2.41. The summed E-state index contributed by atoms with van der Waals surface area (Å²) in [6, 6.07) is 4.92. The van der Waals surface area contributed by atoms with Gasteiger partial charge in [-0.05, 0) is 55.2 Å². The van der Waals surface area contributed by atoms with Crippen molar-refractivity contribution in [3.05, 3.63) is 35.1 Å². The van der Waals surface area contributed by atoms with Crippen LogP contribution < -0.4 is 5.73 Å². The standard InChI is InChI=1S/C16H22FNO/c1-10-6-12(3-5-14(10)17)15(19)16(9-18)8-11-2-4-13(16)7-11/h3,5-6,11,13,15,19H,2,4,7-9,18H2,1H3. The van der Waals surface area contributed by atoms with Gasteiger partial charge in [0, 0.05) is 12.0 Å². The zero-order valence-electron chi connectivity index (χ0n) is 11.4. The smallest absolute Gasteiger partial charge is 0.126 e. The van der Waals surface area contributed by atoms with Crippen molar-refractivity contribution in [3.63, 3.8) is 0 Å². The Labute approximate surface area is 113 Å². The minimum absolute atomic E-state index is 0.187. The molecule has 0 heterocycles. The van der Waals surface area contributed by atoms with Gasteiger partial charge in [0.05, 0.1) is 6.10 Å². The fraction of sp³-hybridized carbons (Fsp3) is 0.625. The summed E-state index contributed by atoms with van der Waals surface area (Å²) in [5.41, 5.74) is 7.25. The van der Waals surface area contributed by atoms with Crippen molar-refractivity contribution in [1.29, 1.82) is 0 Å². The van der Waals surface area contributed by atoms with Crippen molar-refractivity contribution in [2.45, 2.75) is 38.7 Å². The van der Waals surface area contributed by atoms with Crippen LogP contribution in [-0.2, 0) is 0 Å². The first-order valence-electron chi connectivity index (χ1n) is 7.21. The molecule has 3 N–H and O–H groups in total. The van der Waals surface area contributed by atoms with Crippen molar-refractivity contribution < 1.29 is 9.50 Å². The third kappa shape index (κ3) is 1.91. The Morgan fingerprint density at radius 3 is 2.79 bits per heavy atom. The van der Waals surface area contributed by atoms with Gasteiger partial charge in [-0.3, -0.25) is 0 Å². The SMILES string of the molecule is Cc1cc(C(O)C2(CN)CC3CCC2C3)ccc1F. The lowest BCUT2D eigenvalue weighted by atomic mass is 9.67. The lowest BCUT2D eigenvalue weighted by Gasteiger charge is -2.41. The van der Waals surface area contributed by atoms with Gasteiger partial charge < -0.3 is 10.8 Å². The van der Waals surface area contributed by atoms with Gasteiger partial charge in [-0.25, -0.2) is 4.39 Å². The normalized spacial score (nSPS) is 34.7. The highest BCUT2D eigenvalue weighted by atomic mass is 19.1. The molecule has 2 aliphatic carbocycles. The largest absolute Gasteiger partial charge is 0.388 e. The Balaban J connectivity index is 1.93. The number of aliphatic hydroxyl groups excluding tert-OH is 1. The van der Waals surface area contributed by atoms with E-state index in [4.69, 9.17) is 5.73 Å². The molecule has 104 valence electrons. The maximum Gasteiger partial charge on any atom is 0.126 e. The zero-order valence-corrected chi connectivity index (χ0v) is 11.4. The molecule has 2 bridgehead atoms. The number of benzene rings is 1. The Morgan fingerprint density at radius 1 is 1.47 bits per heavy atom. The molecule has 3 rings (SSSR count). The topological polar surface area (TPSA) is 46.2 Å². The van der Waals surface area contributed by atoms with Crippen LogP contribution >= 0.6 is 0 Å². The summed E-state index contributed by atoms with van der Waals surface area (Å²) in [4.78, 5) is 0. The summed E-state index contributed by atoms with van der Waals surface area (Å²) in [6.07, 6.45) is 4.12. The first kappa shape index (κ1) is 13.1. The zero-order chi connectivity index (χ0) is 13.6. The number of nitrogens with two attached hydrogens (primary N) is 1. The fourth-order valence-corrected chi connectivity index (χ4v) is 4.35. The maximum atomic E-state index is 13.4. The molecule has 2 aliphatic rings. The van der Waals surface area contributed by atoms with E-state index in [0.717, 1.165) is 17.9 Å². The predicted octanol–water partition coefficient (Wildman–Crippen LogP) is 2.93. The fourth-order valence-electron chi connectivity index (χ4n) is 4.35. The van der Waals surface area contributed by atoms with Crippen molar-refractivity contribution in [2.24, 2.45) is 23.0 Å². The quantitative estimate of drug-likeness (QED) is 0.880. The number of rotatable bonds is 3. The molecule has 4 unspecified atom stereocenters. The molecular formula is C16H22FNO. The lowest BCUT2D eigenvalue weighted by molar-refractivity contribution is -0.0131. The van der Waals surface area contributed by atoms with Crippen LogP contribution in [0, 0.1) is 30.0 Å². The molecule has 0 radical (unpaired) electrons. The van der Waals surface area contributed by atoms with Crippen LogP contribution in [0.1, 0.15) is 42.9 Å². The van der Waals surface area contributed by atoms with E-state index in [1.807, 2.05) is 0 Å². The first-order chi connectivity index (χ1) is 9.06. The summed E-state index contributed by atoms with van der Waals surface area (Å²) in [6.45, 7) is 2.26. The van der Waals surface area contributed by atoms with E-state index in [0.29, 0.717) is 18.0 Å². The van der Waals surface area contributed by atoms with Crippen LogP contribution in [0.3, 0.4) is 0 Å². The summed E-state index contributed by atoms with van der Waals surface area (Å²) in [5.74, 6) is 1.04. The minimum Gasteiger partial charge on any atom is -0.388 e. The number of hydrogen-bond donors (Lipinski definition) is 2. The van der Waals surface area contributed by atoms with Gasteiger partial charge in [0.1, 0.15) is 5.82 Å². The maximum absolute atomic E-state index is 13.4. The third-order valence-electron chi connectivity index (χ3n) is 5.45. The highest BCUT2D eigenvalue weighted by molar-refractivity contribution is 5.28. The molecule has 2 nitrogen and oxygen atoms in total. The second kappa shape index (κ2) is 4.57. The molecule has 1 aromatic carbocycles. The van der Waals surface area contributed by atoms with E-state index in [1.54, 1.807) is 19.1 Å². The van der Waals surface area contributed by atoms with Crippen LogP contribution in [0.25, 0.3) is 0 Å². The number of halogens is 1. The average Bonchev–Trinajstić information content (AvgIpc) is 3.02. The molecule has 1 aromatic rings. The second-order valence-electron chi connectivity index (χ2n) is 6.43. The van der Waals surface area contributed by atoms with Gasteiger partial charge in [0.15, 0.2) is 0 Å². The molecule has 0 saturated heterocycles. The Kier molecular flexibility index (Phi) is 3.14. The summed E-state index contributed by atoms with van der Waals surface area (Å²) >= 11 is 0. The second-order valence-corrected chi connectivity index (χ2v) is 6.43. The Hall–Kier alpha value is -0.930. The summed E-state index contributed by atoms with van der Waals surface area (Å²) < 4.78 is 13.4. The van der Waals surface area contributed by atoms with E-state index >= 15 is 0 Å². The van der Waals surface area contributed by atoms with Gasteiger partial charge >= 0.3 is 0 Å². The van der Waals surface area contributed by atoms with Gasteiger partial charge in [-0.1, -0.05) is 18.6 Å². The monoisotopic (exact) mass is 263 g/mol. The van der Waals surface area contributed by atoms with Crippen molar-refractivity contribution in [1.82, 2.24) is 0 Å². The van der Waals surface area contributed by atoms with Gasteiger partial charge in [0.2, 0.25) is 0 Å². The van der Waals surface area contributed by atoms with E-state index < -0.39 is 6.10 Å². The predicted molar refractivity (Wildman–Crippen MR) is 73.0 cm³/mol. The highest BCUT2D eigenvalue weighted by Gasteiger charge is 2.54. The van der Waals surface area contributed by atoms with Crippen LogP contribution in [0.4, 0.5) is 4.39 Å². The molecule has 3 heteroatoms. The van der Waals surface area contributed by atoms with Crippen LogP contribution in [0.2, 0.25) is 0 Å². The minimum atomic E-state index is -0.563. The molecule has 0 aliphatic heterocycles. The Morgan fingerprint density at radius 2 is 2.26 bits per heavy atom. The number of hydrogen-bond acceptors (Lipinski definition) is 2. The van der Waals surface area contributed by atoms with Crippen LogP contribution in [0.15, 0.2) is 18.2 Å². The molecule has 0 amide bonds. The molecule has 2 saturated carbocycles. The number of aliphatic hydroxyl groups is 1. The molecule has 0 aromatic heterocycles. The van der Waals surface area contributed by atoms with Crippen molar-refractivity contribution >= 4 is 0 Å². The number of fused-ring (bicyclic) bond motifs is 2. The highest BCUT2D eigenvalue weighted by Crippen LogP contribution is 2.60. The Bertz CT molecular complexity index is 490. The van der Waals surface area contributed by atoms with E-state index in [1.165, 1.54) is 25.3 Å². The van der Waals surface area contributed by atoms with Crippen molar-refractivity contribution in [2.75, 3.05) is 6.54 Å². The number of aryl methyl sites for hydroxylation is 1. The third-order valence-corrected chi connectivity index (χ3v) is 5.45. The first-order valence-corrected chi connectivity index (χ1v) is 7.21. The molecule has 2 fully saturated rings. The summed E-state index contributed by atoms with van der Waals surface area (Å²) in [5, 5.41) is 10.8. The van der Waals surface area contributed by atoms with Crippen LogP contribution in [0.5, 0.6) is 0 Å². The molecule has 4 atom stereocenters. The van der Waals surface area contributed by atoms with E-state index in [9.17, 15) is 9.50 Å². The van der Waals surface area contributed by atoms with Gasteiger partial charge in [-0.15, -0.1) is 0 Å². The van der Waals surface area contributed by atoms with Crippen molar-refractivity contribution in [3.8, 4) is 0 Å². The van der Waals surface area contributed by atoms with Gasteiger partial charge in [0.25, 0.3) is 0 Å². The van der Waals surface area contributed by atoms with E-state index in [-0.39, 0.29) is 11.2 Å². The average molecular weight is 263 g/mol. The van der Waals surface area contributed by atoms with E-state index in [2.05, 4.69) is 0 Å². The molecular weight excluding hydrogens is 241 g/mol. The molecule has 0 spiro atoms. The van der Waals surface area contributed by atoms with Gasteiger partial charge in [-0.2, -0.15) is 0 Å². The summed E-state index contributed by atoms with van der Waals surface area (Å²) in [7, 11) is 0.